The largest absolute Gasteiger partial charge is 0.463 e. The van der Waals surface area contributed by atoms with E-state index in [0.29, 0.717) is 34.6 Å². The molecule has 0 radical (unpaired) electrons. The quantitative estimate of drug-likeness (QED) is 0.227. The summed E-state index contributed by atoms with van der Waals surface area (Å²) in [4.78, 5) is 36.6. The number of ether oxygens (including phenoxy) is 1. The van der Waals surface area contributed by atoms with E-state index < -0.39 is 17.7 Å². The van der Waals surface area contributed by atoms with Crippen molar-refractivity contribution in [3.63, 3.8) is 0 Å². The standard InChI is InChI=1S/C31H28FN7O3/c1-2-42-28(40)12-8-20-7-9-21-13-16-35-29(25(21)17-20)38(23-5-3-14-33-19-23)31(41)24-11-10-22(18-26(24)32)39-30-27(36-37-39)6-4-15-34-30/h4,6-13,15-18,23,33H,2-3,5,14,19H2,1H3/t23-/m1/s1. The molecule has 0 unspecified atom stereocenters. The van der Waals surface area contributed by atoms with Gasteiger partial charge in [0.15, 0.2) is 5.65 Å². The van der Waals surface area contributed by atoms with Crippen LogP contribution >= 0.6 is 0 Å². The summed E-state index contributed by atoms with van der Waals surface area (Å²) in [6.45, 7) is 3.41. The number of aromatic nitrogens is 5. The molecule has 212 valence electrons. The van der Waals surface area contributed by atoms with Crippen molar-refractivity contribution in [1.29, 1.82) is 0 Å². The van der Waals surface area contributed by atoms with E-state index in [1.54, 1.807) is 48.5 Å². The normalized spacial score (nSPS) is 15.3. The van der Waals surface area contributed by atoms with Crippen LogP contribution in [0.5, 0.6) is 0 Å². The summed E-state index contributed by atoms with van der Waals surface area (Å²) in [6.07, 6.45) is 7.87. The average Bonchev–Trinajstić information content (AvgIpc) is 3.45. The summed E-state index contributed by atoms with van der Waals surface area (Å²) in [5.74, 6) is -1.21. The summed E-state index contributed by atoms with van der Waals surface area (Å²) in [6, 6.07) is 15.1. The molecule has 42 heavy (non-hydrogen) atoms. The second-order valence-electron chi connectivity index (χ2n) is 9.89. The van der Waals surface area contributed by atoms with Gasteiger partial charge in [-0.2, -0.15) is 4.68 Å². The number of anilines is 1. The van der Waals surface area contributed by atoms with E-state index in [0.717, 1.165) is 30.3 Å². The van der Waals surface area contributed by atoms with E-state index in [-0.39, 0.29) is 18.2 Å². The lowest BCUT2D eigenvalue weighted by molar-refractivity contribution is -0.137. The summed E-state index contributed by atoms with van der Waals surface area (Å²) < 4.78 is 22.2. The first-order valence-electron chi connectivity index (χ1n) is 13.8. The van der Waals surface area contributed by atoms with Crippen LogP contribution in [0.15, 0.2) is 73.1 Å². The highest BCUT2D eigenvalue weighted by Gasteiger charge is 2.31. The minimum Gasteiger partial charge on any atom is -0.463 e. The Hall–Kier alpha value is -5.03. The molecule has 0 spiro atoms. The Morgan fingerprint density at radius 2 is 2.05 bits per heavy atom. The summed E-state index contributed by atoms with van der Waals surface area (Å²) in [5, 5.41) is 13.1. The number of nitrogens with one attached hydrogen (secondary N) is 1. The first kappa shape index (κ1) is 27.2. The van der Waals surface area contributed by atoms with E-state index in [1.165, 1.54) is 22.9 Å². The molecule has 3 aromatic heterocycles. The van der Waals surface area contributed by atoms with Gasteiger partial charge in [0.2, 0.25) is 0 Å². The minimum atomic E-state index is -0.691. The second kappa shape index (κ2) is 11.8. The highest BCUT2D eigenvalue weighted by atomic mass is 19.1. The number of fused-ring (bicyclic) bond motifs is 2. The van der Waals surface area contributed by atoms with Crippen LogP contribution in [-0.4, -0.2) is 62.6 Å². The molecule has 1 N–H and O–H groups in total. The van der Waals surface area contributed by atoms with Gasteiger partial charge < -0.3 is 10.1 Å². The van der Waals surface area contributed by atoms with Gasteiger partial charge in [0.1, 0.15) is 17.2 Å². The Labute approximate surface area is 240 Å². The predicted molar refractivity (Wildman–Crippen MR) is 157 cm³/mol. The Balaban J connectivity index is 1.40. The molecule has 1 aliphatic rings. The lowest BCUT2D eigenvalue weighted by atomic mass is 10.0. The molecule has 1 atom stereocenters. The number of rotatable bonds is 7. The molecule has 5 aromatic rings. The number of benzene rings is 2. The molecule has 11 heteroatoms. The van der Waals surface area contributed by atoms with Gasteiger partial charge in [0, 0.05) is 36.5 Å². The molecule has 0 aliphatic carbocycles. The number of piperidine rings is 1. The molecule has 2 aromatic carbocycles. The lowest BCUT2D eigenvalue weighted by Crippen LogP contribution is -2.49. The van der Waals surface area contributed by atoms with Crippen LogP contribution in [0.3, 0.4) is 0 Å². The fourth-order valence-corrected chi connectivity index (χ4v) is 5.19. The molecular formula is C31H28FN7O3. The maximum Gasteiger partial charge on any atom is 0.330 e. The molecule has 1 amide bonds. The Kier molecular flexibility index (Phi) is 7.65. The summed E-state index contributed by atoms with van der Waals surface area (Å²) >= 11 is 0. The van der Waals surface area contributed by atoms with Gasteiger partial charge in [-0.3, -0.25) is 9.69 Å². The zero-order chi connectivity index (χ0) is 29.1. The first-order valence-corrected chi connectivity index (χ1v) is 13.8. The van der Waals surface area contributed by atoms with Crippen LogP contribution in [0.4, 0.5) is 10.2 Å². The minimum absolute atomic E-state index is 0.0844. The van der Waals surface area contributed by atoms with Crippen molar-refractivity contribution in [2.24, 2.45) is 0 Å². The third kappa shape index (κ3) is 5.34. The fraction of sp³-hybridized carbons (Fsp3) is 0.226. The van der Waals surface area contributed by atoms with Crippen LogP contribution in [0.1, 0.15) is 35.7 Å². The third-order valence-corrected chi connectivity index (χ3v) is 7.19. The number of pyridine rings is 2. The average molecular weight is 566 g/mol. The van der Waals surface area contributed by atoms with Crippen LogP contribution < -0.4 is 10.2 Å². The topological polar surface area (TPSA) is 115 Å². The van der Waals surface area contributed by atoms with E-state index in [2.05, 4.69) is 25.6 Å². The van der Waals surface area contributed by atoms with Crippen molar-refractivity contribution in [3.8, 4) is 5.69 Å². The van der Waals surface area contributed by atoms with Gasteiger partial charge in [-0.05, 0) is 79.7 Å². The number of carbonyl (C=O) groups excluding carboxylic acids is 2. The number of carbonyl (C=O) groups is 2. The monoisotopic (exact) mass is 565 g/mol. The van der Waals surface area contributed by atoms with Crippen LogP contribution in [-0.2, 0) is 9.53 Å². The van der Waals surface area contributed by atoms with Crippen LogP contribution in [0.25, 0.3) is 33.7 Å². The van der Waals surface area contributed by atoms with Crippen molar-refractivity contribution in [3.05, 3.63) is 90.0 Å². The van der Waals surface area contributed by atoms with Gasteiger partial charge in [0.05, 0.1) is 23.9 Å². The Morgan fingerprint density at radius 1 is 1.14 bits per heavy atom. The van der Waals surface area contributed by atoms with Gasteiger partial charge in [-0.25, -0.2) is 19.2 Å². The highest BCUT2D eigenvalue weighted by Crippen LogP contribution is 2.31. The van der Waals surface area contributed by atoms with Gasteiger partial charge in [0.25, 0.3) is 5.91 Å². The number of nitrogens with zero attached hydrogens (tertiary/aromatic N) is 6. The Morgan fingerprint density at radius 3 is 2.86 bits per heavy atom. The molecule has 1 aliphatic heterocycles. The van der Waals surface area contributed by atoms with E-state index in [4.69, 9.17) is 4.74 Å². The predicted octanol–water partition coefficient (Wildman–Crippen LogP) is 4.48. The zero-order valence-electron chi connectivity index (χ0n) is 22.9. The van der Waals surface area contributed by atoms with Crippen molar-refractivity contribution in [1.82, 2.24) is 30.3 Å². The second-order valence-corrected chi connectivity index (χ2v) is 9.89. The molecular weight excluding hydrogens is 537 g/mol. The van der Waals surface area contributed by atoms with Crippen molar-refractivity contribution in [2.75, 3.05) is 24.6 Å². The Bertz CT molecular complexity index is 1810. The lowest BCUT2D eigenvalue weighted by Gasteiger charge is -2.34. The first-order chi connectivity index (χ1) is 20.5. The van der Waals surface area contributed by atoms with Gasteiger partial charge >= 0.3 is 5.97 Å². The summed E-state index contributed by atoms with van der Waals surface area (Å²) in [5.41, 5.74) is 2.12. The summed E-state index contributed by atoms with van der Waals surface area (Å²) in [7, 11) is 0. The van der Waals surface area contributed by atoms with Crippen LogP contribution in [0, 0.1) is 5.82 Å². The molecule has 10 nitrogen and oxygen atoms in total. The van der Waals surface area contributed by atoms with E-state index in [9.17, 15) is 9.59 Å². The number of hydrogen-bond donors (Lipinski definition) is 1. The SMILES string of the molecule is CCOC(=O)C=Cc1ccc2ccnc(N(C(=O)c3ccc(-n4nnc5cccnc54)cc3F)[C@@H]3CCCNC3)c2c1. The van der Waals surface area contributed by atoms with Crippen molar-refractivity contribution >= 4 is 45.7 Å². The molecule has 6 rings (SSSR count). The number of amides is 1. The third-order valence-electron chi connectivity index (χ3n) is 7.19. The van der Waals surface area contributed by atoms with E-state index in [1.807, 2.05) is 24.3 Å². The van der Waals surface area contributed by atoms with Gasteiger partial charge in [-0.15, -0.1) is 5.10 Å². The maximum absolute atomic E-state index is 15.7. The highest BCUT2D eigenvalue weighted by molar-refractivity contribution is 6.10. The molecule has 1 fully saturated rings. The fourth-order valence-electron chi connectivity index (χ4n) is 5.19. The molecule has 4 heterocycles. The molecule has 1 saturated heterocycles. The zero-order valence-corrected chi connectivity index (χ0v) is 22.9. The van der Waals surface area contributed by atoms with Gasteiger partial charge in [-0.1, -0.05) is 17.3 Å². The maximum atomic E-state index is 15.7. The van der Waals surface area contributed by atoms with Crippen molar-refractivity contribution in [2.45, 2.75) is 25.8 Å². The molecule has 0 saturated carbocycles. The number of hydrogen-bond acceptors (Lipinski definition) is 8. The number of esters is 1. The van der Waals surface area contributed by atoms with Crippen LogP contribution in [0.2, 0.25) is 0 Å². The smallest absolute Gasteiger partial charge is 0.330 e. The molecule has 0 bridgehead atoms. The van der Waals surface area contributed by atoms with Crippen molar-refractivity contribution < 1.29 is 18.7 Å². The van der Waals surface area contributed by atoms with E-state index >= 15 is 4.39 Å². The number of halogens is 1.